The van der Waals surface area contributed by atoms with Gasteiger partial charge in [-0.15, -0.1) is 12.4 Å². The first-order valence-electron chi connectivity index (χ1n) is 4.89. The summed E-state index contributed by atoms with van der Waals surface area (Å²) in [6.45, 7) is 0.265. The summed E-state index contributed by atoms with van der Waals surface area (Å²) in [4.78, 5) is 0. The number of benzene rings is 1. The van der Waals surface area contributed by atoms with Gasteiger partial charge in [-0.1, -0.05) is 12.1 Å². The lowest BCUT2D eigenvalue weighted by molar-refractivity contribution is -0.137. The minimum Gasteiger partial charge on any atom is -0.396 e. The molecule has 2 rings (SSSR count). The Labute approximate surface area is 108 Å². The van der Waals surface area contributed by atoms with Crippen LogP contribution in [0.5, 0.6) is 0 Å². The van der Waals surface area contributed by atoms with Gasteiger partial charge in [0, 0.05) is 6.20 Å². The fraction of sp³-hybridized carbons (Fsp3) is 0.182. The van der Waals surface area contributed by atoms with Gasteiger partial charge >= 0.3 is 6.18 Å². The quantitative estimate of drug-likeness (QED) is 0.917. The molecule has 0 saturated heterocycles. The first-order valence-corrected chi connectivity index (χ1v) is 4.89. The Morgan fingerprint density at radius 2 is 2.00 bits per heavy atom. The van der Waals surface area contributed by atoms with Crippen molar-refractivity contribution < 1.29 is 13.2 Å². The van der Waals surface area contributed by atoms with E-state index in [-0.39, 0.29) is 19.0 Å². The largest absolute Gasteiger partial charge is 0.416 e. The Hall–Kier alpha value is -1.69. The van der Waals surface area contributed by atoms with E-state index >= 15 is 0 Å². The molecule has 1 aromatic heterocycles. The van der Waals surface area contributed by atoms with E-state index < -0.39 is 11.7 Å². The van der Waals surface area contributed by atoms with Crippen LogP contribution in [0.25, 0.3) is 0 Å². The van der Waals surface area contributed by atoms with E-state index in [0.29, 0.717) is 11.3 Å². The number of aromatic nitrogens is 2. The molecule has 0 bridgehead atoms. The van der Waals surface area contributed by atoms with Crippen LogP contribution in [-0.2, 0) is 12.7 Å². The normalized spacial score (nSPS) is 11.1. The van der Waals surface area contributed by atoms with Gasteiger partial charge in [-0.25, -0.2) is 0 Å². The summed E-state index contributed by atoms with van der Waals surface area (Å²) in [6, 6.07) is 5.15. The average Bonchev–Trinajstić information content (AvgIpc) is 2.63. The third-order valence-corrected chi connectivity index (χ3v) is 2.25. The zero-order valence-electron chi connectivity index (χ0n) is 9.19. The number of nitrogen functional groups attached to an aromatic ring is 1. The summed E-state index contributed by atoms with van der Waals surface area (Å²) in [7, 11) is 0. The number of hydrogen-bond acceptors (Lipinski definition) is 2. The summed E-state index contributed by atoms with van der Waals surface area (Å²) in [5, 5.41) is 3.91. The first-order chi connectivity index (χ1) is 7.95. The average molecular weight is 278 g/mol. The summed E-state index contributed by atoms with van der Waals surface area (Å²) < 4.78 is 38.9. The van der Waals surface area contributed by atoms with Crippen LogP contribution in [-0.4, -0.2) is 9.78 Å². The molecule has 0 aliphatic rings. The monoisotopic (exact) mass is 277 g/mol. The van der Waals surface area contributed by atoms with Crippen molar-refractivity contribution in [2.24, 2.45) is 0 Å². The maximum atomic E-state index is 12.5. The maximum Gasteiger partial charge on any atom is 0.416 e. The highest BCUT2D eigenvalue weighted by Gasteiger charge is 2.30. The summed E-state index contributed by atoms with van der Waals surface area (Å²) in [5.74, 6) is 0. The molecule has 0 aliphatic heterocycles. The van der Waals surface area contributed by atoms with E-state index in [4.69, 9.17) is 5.73 Å². The van der Waals surface area contributed by atoms with Crippen LogP contribution in [0, 0.1) is 0 Å². The van der Waals surface area contributed by atoms with Crippen molar-refractivity contribution in [3.05, 3.63) is 47.8 Å². The number of nitrogens with zero attached hydrogens (tertiary/aromatic N) is 2. The van der Waals surface area contributed by atoms with Gasteiger partial charge in [0.15, 0.2) is 0 Å². The third-order valence-electron chi connectivity index (χ3n) is 2.25. The highest BCUT2D eigenvalue weighted by Crippen LogP contribution is 2.29. The highest BCUT2D eigenvalue weighted by molar-refractivity contribution is 5.85. The topological polar surface area (TPSA) is 43.8 Å². The fourth-order valence-electron chi connectivity index (χ4n) is 1.50. The molecule has 0 atom stereocenters. The van der Waals surface area contributed by atoms with Crippen molar-refractivity contribution in [1.82, 2.24) is 9.78 Å². The molecule has 2 N–H and O–H groups in total. The molecule has 3 nitrogen and oxygen atoms in total. The van der Waals surface area contributed by atoms with Crippen molar-refractivity contribution >= 4 is 18.1 Å². The Bertz CT molecular complexity index is 522. The molecule has 1 heterocycles. The predicted molar refractivity (Wildman–Crippen MR) is 64.4 cm³/mol. The lowest BCUT2D eigenvalue weighted by Gasteiger charge is -2.08. The Morgan fingerprint density at radius 3 is 2.56 bits per heavy atom. The lowest BCUT2D eigenvalue weighted by atomic mass is 10.1. The van der Waals surface area contributed by atoms with E-state index in [1.54, 1.807) is 12.3 Å². The van der Waals surface area contributed by atoms with Crippen molar-refractivity contribution in [3.63, 3.8) is 0 Å². The standard InChI is InChI=1S/C11H10F3N3.ClH/c12-11(13,14)9-3-1-2-8(4-9)6-17-7-10(15)5-16-17;/h1-5,7H,6,15H2;1H. The van der Waals surface area contributed by atoms with Crippen molar-refractivity contribution in [1.29, 1.82) is 0 Å². The molecular formula is C11H11ClF3N3. The van der Waals surface area contributed by atoms with Crippen LogP contribution in [0.2, 0.25) is 0 Å². The molecule has 98 valence electrons. The molecule has 0 aliphatic carbocycles. The molecule has 0 fully saturated rings. The van der Waals surface area contributed by atoms with Crippen LogP contribution >= 0.6 is 12.4 Å². The van der Waals surface area contributed by atoms with Crippen molar-refractivity contribution in [3.8, 4) is 0 Å². The predicted octanol–water partition coefficient (Wildman–Crippen LogP) is 2.95. The minimum atomic E-state index is -4.32. The van der Waals surface area contributed by atoms with Gasteiger partial charge in [0.25, 0.3) is 0 Å². The zero-order chi connectivity index (χ0) is 12.5. The van der Waals surface area contributed by atoms with E-state index in [9.17, 15) is 13.2 Å². The van der Waals surface area contributed by atoms with Crippen LogP contribution < -0.4 is 5.73 Å². The molecule has 0 radical (unpaired) electrons. The number of hydrogen-bond donors (Lipinski definition) is 1. The van der Waals surface area contributed by atoms with Crippen LogP contribution in [0.3, 0.4) is 0 Å². The van der Waals surface area contributed by atoms with Gasteiger partial charge in [0.05, 0.1) is 24.0 Å². The number of nitrogens with two attached hydrogens (primary N) is 1. The summed E-state index contributed by atoms with van der Waals surface area (Å²) in [5.41, 5.74) is 5.82. The van der Waals surface area contributed by atoms with E-state index in [0.717, 1.165) is 12.1 Å². The third kappa shape index (κ3) is 3.40. The van der Waals surface area contributed by atoms with E-state index in [1.165, 1.54) is 16.9 Å². The molecule has 0 unspecified atom stereocenters. The van der Waals surface area contributed by atoms with Gasteiger partial charge in [-0.2, -0.15) is 18.3 Å². The Kier molecular flexibility index (Phi) is 4.24. The van der Waals surface area contributed by atoms with E-state index in [2.05, 4.69) is 5.10 Å². The Balaban J connectivity index is 0.00000162. The van der Waals surface area contributed by atoms with Gasteiger partial charge in [-0.3, -0.25) is 4.68 Å². The summed E-state index contributed by atoms with van der Waals surface area (Å²) in [6.07, 6.45) is -1.30. The van der Waals surface area contributed by atoms with Crippen LogP contribution in [0.15, 0.2) is 36.7 Å². The van der Waals surface area contributed by atoms with Gasteiger partial charge in [-0.05, 0) is 17.7 Å². The molecule has 2 aromatic rings. The smallest absolute Gasteiger partial charge is 0.396 e. The first kappa shape index (κ1) is 14.4. The molecule has 18 heavy (non-hydrogen) atoms. The lowest BCUT2D eigenvalue weighted by Crippen LogP contribution is -2.07. The molecule has 0 spiro atoms. The molecular weight excluding hydrogens is 267 g/mol. The van der Waals surface area contributed by atoms with Gasteiger partial charge in [0.1, 0.15) is 0 Å². The summed E-state index contributed by atoms with van der Waals surface area (Å²) >= 11 is 0. The van der Waals surface area contributed by atoms with Gasteiger partial charge < -0.3 is 5.73 Å². The van der Waals surface area contributed by atoms with Crippen LogP contribution in [0.1, 0.15) is 11.1 Å². The second kappa shape index (κ2) is 5.30. The van der Waals surface area contributed by atoms with Crippen molar-refractivity contribution in [2.75, 3.05) is 5.73 Å². The van der Waals surface area contributed by atoms with Gasteiger partial charge in [0.2, 0.25) is 0 Å². The second-order valence-corrected chi connectivity index (χ2v) is 3.67. The van der Waals surface area contributed by atoms with Crippen molar-refractivity contribution in [2.45, 2.75) is 12.7 Å². The number of halogens is 4. The molecule has 7 heteroatoms. The fourth-order valence-corrected chi connectivity index (χ4v) is 1.50. The number of rotatable bonds is 2. The molecule has 0 amide bonds. The molecule has 1 aromatic carbocycles. The second-order valence-electron chi connectivity index (χ2n) is 3.67. The molecule has 0 saturated carbocycles. The Morgan fingerprint density at radius 1 is 1.28 bits per heavy atom. The minimum absolute atomic E-state index is 0. The highest BCUT2D eigenvalue weighted by atomic mass is 35.5. The number of alkyl halides is 3. The number of anilines is 1. The van der Waals surface area contributed by atoms with Crippen LogP contribution in [0.4, 0.5) is 18.9 Å². The maximum absolute atomic E-state index is 12.5. The SMILES string of the molecule is Cl.Nc1cnn(Cc2cccc(C(F)(F)F)c2)c1. The van der Waals surface area contributed by atoms with E-state index in [1.807, 2.05) is 0 Å². The zero-order valence-corrected chi connectivity index (χ0v) is 10.0.